The molecule has 2 aromatic carbocycles. The van der Waals surface area contributed by atoms with Crippen molar-refractivity contribution in [3.8, 4) is 0 Å². The van der Waals surface area contributed by atoms with Gasteiger partial charge in [0.2, 0.25) is 0 Å². The van der Waals surface area contributed by atoms with E-state index in [1.165, 1.54) is 0 Å². The number of benzene rings is 2. The molecule has 3 atom stereocenters. The largest absolute Gasteiger partial charge is 0.388 e. The molecule has 0 saturated heterocycles. The summed E-state index contributed by atoms with van der Waals surface area (Å²) in [6, 6.07) is 19.5. The molecule has 1 N–H and O–H groups in total. The molecule has 0 aromatic heterocycles. The Morgan fingerprint density at radius 2 is 1.52 bits per heavy atom. The topological polar surface area (TPSA) is 69.0 Å². The molecule has 0 aliphatic rings. The lowest BCUT2D eigenvalue weighted by molar-refractivity contribution is 0.0992. The van der Waals surface area contributed by atoms with Gasteiger partial charge in [0.1, 0.15) is 0 Å². The molecule has 0 heterocycles. The van der Waals surface area contributed by atoms with Crippen molar-refractivity contribution in [2.45, 2.75) is 18.9 Å². The lowest BCUT2D eigenvalue weighted by Gasteiger charge is -2.28. The van der Waals surface area contributed by atoms with E-state index in [4.69, 9.17) is 5.53 Å². The van der Waals surface area contributed by atoms with Gasteiger partial charge in [-0.25, -0.2) is 0 Å². The maximum atomic E-state index is 10.7. The van der Waals surface area contributed by atoms with Gasteiger partial charge in [0.05, 0.1) is 6.10 Å². The highest BCUT2D eigenvalue weighted by molar-refractivity contribution is 5.23. The first-order valence-electron chi connectivity index (χ1n) is 7.03. The van der Waals surface area contributed by atoms with E-state index in [-0.39, 0.29) is 18.4 Å². The quantitative estimate of drug-likeness (QED) is 0.474. The van der Waals surface area contributed by atoms with E-state index in [9.17, 15) is 5.11 Å². The minimum absolute atomic E-state index is 0.0897. The highest BCUT2D eigenvalue weighted by atomic mass is 16.3. The van der Waals surface area contributed by atoms with Gasteiger partial charge in [-0.05, 0) is 22.6 Å². The lowest BCUT2D eigenvalue weighted by Crippen LogP contribution is -2.22. The van der Waals surface area contributed by atoms with Crippen LogP contribution in [-0.4, -0.2) is 11.7 Å². The molecule has 0 unspecified atom stereocenters. The Labute approximate surface area is 124 Å². The Balaban J connectivity index is 2.27. The SMILES string of the molecule is C[C@H](c1ccccc1)[C@H](CN=[N+]=[N-])[C@@H](O)c1ccccc1. The fraction of sp³-hybridized carbons (Fsp3) is 0.294. The van der Waals surface area contributed by atoms with Crippen molar-refractivity contribution in [2.75, 3.05) is 6.54 Å². The number of nitrogens with zero attached hydrogens (tertiary/aromatic N) is 3. The molecule has 0 aliphatic carbocycles. The van der Waals surface area contributed by atoms with Gasteiger partial charge in [0, 0.05) is 17.4 Å². The minimum Gasteiger partial charge on any atom is -0.388 e. The normalized spacial score (nSPS) is 14.8. The molecule has 0 radical (unpaired) electrons. The van der Waals surface area contributed by atoms with Crippen molar-refractivity contribution in [3.63, 3.8) is 0 Å². The van der Waals surface area contributed by atoms with Gasteiger partial charge in [0.25, 0.3) is 0 Å². The zero-order valence-electron chi connectivity index (χ0n) is 12.0. The van der Waals surface area contributed by atoms with Gasteiger partial charge in [-0.3, -0.25) is 0 Å². The number of aliphatic hydroxyl groups excluding tert-OH is 1. The highest BCUT2D eigenvalue weighted by Crippen LogP contribution is 2.34. The number of rotatable bonds is 6. The van der Waals surface area contributed by atoms with Gasteiger partial charge in [-0.1, -0.05) is 72.7 Å². The van der Waals surface area contributed by atoms with E-state index >= 15 is 0 Å². The predicted molar refractivity (Wildman–Crippen MR) is 83.8 cm³/mol. The summed E-state index contributed by atoms with van der Waals surface area (Å²) >= 11 is 0. The highest BCUT2D eigenvalue weighted by Gasteiger charge is 2.26. The average Bonchev–Trinajstić information content (AvgIpc) is 2.56. The molecule has 4 nitrogen and oxygen atoms in total. The predicted octanol–water partition coefficient (Wildman–Crippen LogP) is 4.45. The summed E-state index contributed by atoms with van der Waals surface area (Å²) in [6.45, 7) is 2.32. The third kappa shape index (κ3) is 3.85. The molecule has 2 rings (SSSR count). The van der Waals surface area contributed by atoms with Gasteiger partial charge in [0.15, 0.2) is 0 Å². The maximum absolute atomic E-state index is 10.7. The third-order valence-electron chi connectivity index (χ3n) is 3.87. The first kappa shape index (κ1) is 15.1. The molecule has 21 heavy (non-hydrogen) atoms. The molecular formula is C17H19N3O. The fourth-order valence-electron chi connectivity index (χ4n) is 2.56. The number of aliphatic hydroxyl groups is 1. The molecule has 2 aromatic rings. The molecule has 0 aliphatic heterocycles. The maximum Gasteiger partial charge on any atom is 0.0825 e. The van der Waals surface area contributed by atoms with Crippen LogP contribution in [0.4, 0.5) is 0 Å². The summed E-state index contributed by atoms with van der Waals surface area (Å²) in [5, 5.41) is 14.3. The minimum atomic E-state index is -0.660. The van der Waals surface area contributed by atoms with Crippen LogP contribution in [0.5, 0.6) is 0 Å². The summed E-state index contributed by atoms with van der Waals surface area (Å²) in [6.07, 6.45) is -0.660. The van der Waals surface area contributed by atoms with Crippen LogP contribution in [0.15, 0.2) is 65.8 Å². The Bertz CT molecular complexity index is 548. The Morgan fingerprint density at radius 3 is 2.05 bits per heavy atom. The van der Waals surface area contributed by atoms with E-state index in [2.05, 4.69) is 16.9 Å². The molecule has 4 heteroatoms. The fourth-order valence-corrected chi connectivity index (χ4v) is 2.56. The summed E-state index contributed by atoms with van der Waals surface area (Å²) in [7, 11) is 0. The van der Waals surface area contributed by atoms with E-state index in [1.807, 2.05) is 60.7 Å². The Hall–Kier alpha value is -2.29. The molecule has 0 spiro atoms. The third-order valence-corrected chi connectivity index (χ3v) is 3.87. The van der Waals surface area contributed by atoms with Crippen molar-refractivity contribution in [2.24, 2.45) is 11.0 Å². The summed E-state index contributed by atoms with van der Waals surface area (Å²) < 4.78 is 0. The van der Waals surface area contributed by atoms with Crippen molar-refractivity contribution < 1.29 is 5.11 Å². The van der Waals surface area contributed by atoms with Crippen molar-refractivity contribution >= 4 is 0 Å². The van der Waals surface area contributed by atoms with Crippen LogP contribution >= 0.6 is 0 Å². The summed E-state index contributed by atoms with van der Waals surface area (Å²) in [5.41, 5.74) is 10.6. The van der Waals surface area contributed by atoms with Crippen LogP contribution < -0.4 is 0 Å². The standard InChI is InChI=1S/C17H19N3O/c1-13(14-8-4-2-5-9-14)16(12-19-20-18)17(21)15-10-6-3-7-11-15/h2-11,13,16-17,21H,12H2,1H3/t13-,16+,17+/m1/s1. The Kier molecular flexibility index (Phi) is 5.38. The van der Waals surface area contributed by atoms with Crippen molar-refractivity contribution in [1.29, 1.82) is 0 Å². The van der Waals surface area contributed by atoms with Crippen LogP contribution in [0.2, 0.25) is 0 Å². The van der Waals surface area contributed by atoms with Crippen LogP contribution in [-0.2, 0) is 0 Å². The van der Waals surface area contributed by atoms with Crippen LogP contribution in [0.3, 0.4) is 0 Å². The van der Waals surface area contributed by atoms with Crippen LogP contribution in [0, 0.1) is 5.92 Å². The van der Waals surface area contributed by atoms with Crippen LogP contribution in [0.25, 0.3) is 10.4 Å². The zero-order chi connectivity index (χ0) is 15.1. The molecule has 0 saturated carbocycles. The van der Waals surface area contributed by atoms with Gasteiger partial charge < -0.3 is 5.11 Å². The molecule has 0 bridgehead atoms. The van der Waals surface area contributed by atoms with Gasteiger partial charge in [-0.2, -0.15) is 0 Å². The van der Waals surface area contributed by atoms with E-state index < -0.39 is 6.10 Å². The van der Waals surface area contributed by atoms with Crippen LogP contribution in [0.1, 0.15) is 30.1 Å². The summed E-state index contributed by atoms with van der Waals surface area (Å²) in [4.78, 5) is 2.84. The number of azide groups is 1. The zero-order valence-corrected chi connectivity index (χ0v) is 12.0. The van der Waals surface area contributed by atoms with E-state index in [1.54, 1.807) is 0 Å². The van der Waals surface area contributed by atoms with E-state index in [0.717, 1.165) is 11.1 Å². The van der Waals surface area contributed by atoms with Gasteiger partial charge in [-0.15, -0.1) is 0 Å². The Morgan fingerprint density at radius 1 is 1.00 bits per heavy atom. The van der Waals surface area contributed by atoms with Crippen molar-refractivity contribution in [1.82, 2.24) is 0 Å². The molecule has 0 amide bonds. The van der Waals surface area contributed by atoms with Crippen molar-refractivity contribution in [3.05, 3.63) is 82.2 Å². The number of hydrogen-bond acceptors (Lipinski definition) is 2. The average molecular weight is 281 g/mol. The smallest absolute Gasteiger partial charge is 0.0825 e. The molecule has 0 fully saturated rings. The molecular weight excluding hydrogens is 262 g/mol. The summed E-state index contributed by atoms with van der Waals surface area (Å²) in [5.74, 6) is -0.0717. The first-order valence-corrected chi connectivity index (χ1v) is 7.03. The monoisotopic (exact) mass is 281 g/mol. The first-order chi connectivity index (χ1) is 10.2. The second kappa shape index (κ2) is 7.48. The lowest BCUT2D eigenvalue weighted by atomic mass is 9.81. The second-order valence-electron chi connectivity index (χ2n) is 5.13. The number of hydrogen-bond donors (Lipinski definition) is 1. The van der Waals surface area contributed by atoms with E-state index in [0.29, 0.717) is 0 Å². The molecule has 108 valence electrons. The van der Waals surface area contributed by atoms with Gasteiger partial charge >= 0.3 is 0 Å². The second-order valence-corrected chi connectivity index (χ2v) is 5.13.